The molecule has 0 spiro atoms. The van der Waals surface area contributed by atoms with Gasteiger partial charge >= 0.3 is 12.4 Å². The zero-order valence-electron chi connectivity index (χ0n) is 16.7. The van der Waals surface area contributed by atoms with Crippen molar-refractivity contribution in [2.24, 2.45) is 7.05 Å². The summed E-state index contributed by atoms with van der Waals surface area (Å²) in [6.45, 7) is -1.43. The van der Waals surface area contributed by atoms with E-state index < -0.39 is 30.2 Å². The summed E-state index contributed by atoms with van der Waals surface area (Å²) in [5, 5.41) is 8.05. The number of aromatic nitrogens is 6. The summed E-state index contributed by atoms with van der Waals surface area (Å²) in [5.74, 6) is 0.101. The lowest BCUT2D eigenvalue weighted by atomic mass is 10.1. The van der Waals surface area contributed by atoms with Gasteiger partial charge < -0.3 is 4.57 Å². The normalized spacial score (nSPS) is 12.6. The molecule has 3 heterocycles. The maximum absolute atomic E-state index is 13.0. The van der Waals surface area contributed by atoms with Crippen molar-refractivity contribution in [2.45, 2.75) is 25.4 Å². The Morgan fingerprint density at radius 2 is 1.67 bits per heavy atom. The minimum Gasteiger partial charge on any atom is -0.333 e. The van der Waals surface area contributed by atoms with Gasteiger partial charge in [0.15, 0.2) is 11.3 Å². The van der Waals surface area contributed by atoms with E-state index in [2.05, 4.69) is 15.0 Å². The Labute approximate surface area is 186 Å². The molecule has 3 aromatic heterocycles. The maximum Gasteiger partial charge on any atom is 0.434 e. The second kappa shape index (κ2) is 7.90. The molecule has 7 nitrogen and oxygen atoms in total. The zero-order chi connectivity index (χ0) is 24.1. The van der Waals surface area contributed by atoms with Crippen molar-refractivity contribution >= 4 is 22.8 Å². The number of hydrogen-bond donors (Lipinski definition) is 1. The first-order chi connectivity index (χ1) is 15.3. The fourth-order valence-electron chi connectivity index (χ4n) is 3.40. The van der Waals surface area contributed by atoms with E-state index >= 15 is 0 Å². The first-order valence-corrected chi connectivity index (χ1v) is 9.64. The van der Waals surface area contributed by atoms with Gasteiger partial charge in [0.2, 0.25) is 10.9 Å². The van der Waals surface area contributed by atoms with E-state index in [-0.39, 0.29) is 28.8 Å². The van der Waals surface area contributed by atoms with Crippen LogP contribution in [0.1, 0.15) is 11.3 Å². The summed E-state index contributed by atoms with van der Waals surface area (Å²) in [7, 11) is 1.44. The van der Waals surface area contributed by atoms with Crippen LogP contribution in [0.2, 0.25) is 5.28 Å². The zero-order valence-corrected chi connectivity index (χ0v) is 17.5. The first-order valence-electron chi connectivity index (χ1n) is 9.26. The van der Waals surface area contributed by atoms with Gasteiger partial charge in [0, 0.05) is 18.8 Å². The van der Waals surface area contributed by atoms with Crippen LogP contribution in [0.25, 0.3) is 22.6 Å². The molecule has 1 N–H and O–H groups in total. The summed E-state index contributed by atoms with van der Waals surface area (Å²) in [5.41, 5.74) is -0.450. The van der Waals surface area contributed by atoms with E-state index in [0.717, 1.165) is 17.0 Å². The summed E-state index contributed by atoms with van der Waals surface area (Å²) >= 11 is 5.81. The molecule has 0 saturated heterocycles. The average molecular weight is 490 g/mol. The molecule has 0 amide bonds. The highest BCUT2D eigenvalue weighted by molar-refractivity contribution is 6.28. The second-order valence-electron chi connectivity index (χ2n) is 7.21. The molecule has 0 aliphatic rings. The SMILES string of the molecule is Cn1cc(C(F)(F)F)nc1-c1ccc(Cn2c(=N)n(CC(F)(F)F)c3cnc(Cl)nc32)cc1. The maximum atomic E-state index is 13.0. The number of fused-ring (bicyclic) bond motifs is 1. The highest BCUT2D eigenvalue weighted by Gasteiger charge is 2.34. The summed E-state index contributed by atoms with van der Waals surface area (Å²) < 4.78 is 81.0. The average Bonchev–Trinajstić information content (AvgIpc) is 3.21. The molecule has 1 aromatic carbocycles. The Morgan fingerprint density at radius 3 is 2.24 bits per heavy atom. The topological polar surface area (TPSA) is 77.3 Å². The van der Waals surface area contributed by atoms with Crippen molar-refractivity contribution in [3.8, 4) is 11.4 Å². The van der Waals surface area contributed by atoms with E-state index in [1.54, 1.807) is 24.3 Å². The van der Waals surface area contributed by atoms with E-state index in [0.29, 0.717) is 11.1 Å². The second-order valence-corrected chi connectivity index (χ2v) is 7.55. The Kier molecular flexibility index (Phi) is 5.47. The molecular weight excluding hydrogens is 476 g/mol. The number of hydrogen-bond acceptors (Lipinski definition) is 4. The van der Waals surface area contributed by atoms with Crippen LogP contribution in [-0.4, -0.2) is 34.8 Å². The highest BCUT2D eigenvalue weighted by Crippen LogP contribution is 2.30. The minimum atomic E-state index is -4.58. The molecule has 0 fully saturated rings. The first kappa shape index (κ1) is 22.8. The van der Waals surface area contributed by atoms with Crippen molar-refractivity contribution in [3.63, 3.8) is 0 Å². The van der Waals surface area contributed by atoms with Gasteiger partial charge in [-0.05, 0) is 17.2 Å². The molecule has 33 heavy (non-hydrogen) atoms. The molecule has 0 bridgehead atoms. The third kappa shape index (κ3) is 4.58. The highest BCUT2D eigenvalue weighted by atomic mass is 35.5. The van der Waals surface area contributed by atoms with Gasteiger partial charge in [0.05, 0.1) is 12.7 Å². The molecule has 0 aliphatic heterocycles. The molecule has 4 rings (SSSR count). The Balaban J connectivity index is 1.70. The van der Waals surface area contributed by atoms with Crippen LogP contribution in [0, 0.1) is 5.41 Å². The molecule has 0 saturated carbocycles. The van der Waals surface area contributed by atoms with E-state index in [9.17, 15) is 26.3 Å². The Bertz CT molecular complexity index is 1380. The standard InChI is InChI=1S/C19H14ClF6N7/c1-31-8-13(19(24,25)26)29-14(31)11-4-2-10(3-5-11)7-32-15-12(6-28-16(20)30-15)33(17(32)27)9-18(21,22)23/h2-6,8,27H,7,9H2,1H3. The van der Waals surface area contributed by atoms with Crippen molar-refractivity contribution in [1.29, 1.82) is 5.41 Å². The third-order valence-electron chi connectivity index (χ3n) is 4.84. The molecule has 4 aromatic rings. The smallest absolute Gasteiger partial charge is 0.333 e. The fraction of sp³-hybridized carbons (Fsp3) is 0.263. The van der Waals surface area contributed by atoms with Gasteiger partial charge in [-0.15, -0.1) is 0 Å². The van der Waals surface area contributed by atoms with Crippen molar-refractivity contribution < 1.29 is 26.3 Å². The van der Waals surface area contributed by atoms with Crippen LogP contribution in [0.3, 0.4) is 0 Å². The number of rotatable bonds is 4. The lowest BCUT2D eigenvalue weighted by molar-refractivity contribution is -0.141. The number of nitrogens with one attached hydrogen (secondary N) is 1. The molecule has 0 unspecified atom stereocenters. The van der Waals surface area contributed by atoms with Crippen LogP contribution in [0.5, 0.6) is 0 Å². The van der Waals surface area contributed by atoms with Gasteiger partial charge in [-0.25, -0.2) is 9.97 Å². The molecule has 0 aliphatic carbocycles. The van der Waals surface area contributed by atoms with Gasteiger partial charge in [-0.2, -0.15) is 31.3 Å². The predicted octanol–water partition coefficient (Wildman–Crippen LogP) is 4.40. The quantitative estimate of drug-likeness (QED) is 0.341. The van der Waals surface area contributed by atoms with Crippen molar-refractivity contribution in [3.05, 3.63) is 58.8 Å². The summed E-state index contributed by atoms with van der Waals surface area (Å²) in [6, 6.07) is 6.25. The summed E-state index contributed by atoms with van der Waals surface area (Å²) in [4.78, 5) is 11.3. The van der Waals surface area contributed by atoms with Crippen LogP contribution >= 0.6 is 11.6 Å². The molecular formula is C19H14ClF6N7. The minimum absolute atomic E-state index is 0.00830. The van der Waals surface area contributed by atoms with E-state index in [1.807, 2.05) is 0 Å². The molecule has 0 atom stereocenters. The predicted molar refractivity (Wildman–Crippen MR) is 105 cm³/mol. The molecule has 14 heteroatoms. The number of halogens is 7. The number of aryl methyl sites for hydroxylation is 1. The van der Waals surface area contributed by atoms with Gasteiger partial charge in [-0.3, -0.25) is 14.5 Å². The lowest BCUT2D eigenvalue weighted by Crippen LogP contribution is -2.30. The number of benzene rings is 1. The number of nitrogens with zero attached hydrogens (tertiary/aromatic N) is 6. The molecule has 174 valence electrons. The summed E-state index contributed by atoms with van der Waals surface area (Å²) in [6.07, 6.45) is -7.15. The van der Waals surface area contributed by atoms with Crippen LogP contribution in [-0.2, 0) is 26.3 Å². The van der Waals surface area contributed by atoms with Crippen LogP contribution < -0.4 is 5.62 Å². The number of imidazole rings is 2. The molecule has 0 radical (unpaired) electrons. The monoisotopic (exact) mass is 489 g/mol. The number of alkyl halides is 6. The van der Waals surface area contributed by atoms with Gasteiger partial charge in [-0.1, -0.05) is 24.3 Å². The van der Waals surface area contributed by atoms with Crippen molar-refractivity contribution in [2.75, 3.05) is 0 Å². The van der Waals surface area contributed by atoms with Gasteiger partial charge in [0.25, 0.3) is 0 Å². The van der Waals surface area contributed by atoms with Crippen LogP contribution in [0.4, 0.5) is 26.3 Å². The Hall–Kier alpha value is -3.35. The van der Waals surface area contributed by atoms with E-state index in [1.165, 1.54) is 16.2 Å². The van der Waals surface area contributed by atoms with Crippen LogP contribution in [0.15, 0.2) is 36.7 Å². The third-order valence-corrected chi connectivity index (χ3v) is 5.02. The van der Waals surface area contributed by atoms with Crippen molar-refractivity contribution in [1.82, 2.24) is 28.7 Å². The lowest BCUT2D eigenvalue weighted by Gasteiger charge is -2.08. The van der Waals surface area contributed by atoms with E-state index in [4.69, 9.17) is 17.0 Å². The van der Waals surface area contributed by atoms with Gasteiger partial charge in [0.1, 0.15) is 17.9 Å². The fourth-order valence-corrected chi connectivity index (χ4v) is 3.53. The Morgan fingerprint density at radius 1 is 1.00 bits per heavy atom. The largest absolute Gasteiger partial charge is 0.434 e.